The molecule has 0 saturated carbocycles. The third-order valence-corrected chi connectivity index (χ3v) is 3.71. The molecule has 2 N–H and O–H groups in total. The smallest absolute Gasteiger partial charge is 0.232 e. The molecule has 0 saturated heterocycles. The van der Waals surface area contributed by atoms with Crippen LogP contribution in [0.15, 0.2) is 18.2 Å². The zero-order chi connectivity index (χ0) is 14.0. The Bertz CT molecular complexity index is 483. The molecule has 2 rings (SSSR count). The summed E-state index contributed by atoms with van der Waals surface area (Å²) in [6, 6.07) is 5.91. The molecule has 1 amide bonds. The van der Waals surface area contributed by atoms with Crippen molar-refractivity contribution < 1.29 is 9.53 Å². The summed E-state index contributed by atoms with van der Waals surface area (Å²) in [4.78, 5) is 14.2. The number of rotatable bonds is 4. The van der Waals surface area contributed by atoms with Crippen molar-refractivity contribution in [3.05, 3.63) is 23.8 Å². The molecule has 0 bridgehead atoms. The molecule has 1 aliphatic rings. The van der Waals surface area contributed by atoms with Gasteiger partial charge in [0.05, 0.1) is 6.61 Å². The molecule has 1 aromatic carbocycles. The van der Waals surface area contributed by atoms with Crippen LogP contribution < -0.4 is 15.4 Å². The van der Waals surface area contributed by atoms with Gasteiger partial charge in [-0.2, -0.15) is 0 Å². The lowest BCUT2D eigenvalue weighted by atomic mass is 9.87. The van der Waals surface area contributed by atoms with Gasteiger partial charge in [-0.25, -0.2) is 0 Å². The molecule has 1 aromatic rings. The van der Waals surface area contributed by atoms with E-state index in [2.05, 4.69) is 0 Å². The van der Waals surface area contributed by atoms with Crippen molar-refractivity contribution in [3.63, 3.8) is 0 Å². The number of ether oxygens (including phenoxy) is 1. The number of anilines is 1. The van der Waals surface area contributed by atoms with Crippen LogP contribution in [0.1, 0.15) is 25.8 Å². The van der Waals surface area contributed by atoms with E-state index in [1.54, 1.807) is 4.90 Å². The lowest BCUT2D eigenvalue weighted by molar-refractivity contribution is -0.126. The van der Waals surface area contributed by atoms with Crippen LogP contribution in [0.3, 0.4) is 0 Å². The molecule has 0 spiro atoms. The van der Waals surface area contributed by atoms with Gasteiger partial charge in [0.2, 0.25) is 5.91 Å². The summed E-state index contributed by atoms with van der Waals surface area (Å²) in [7, 11) is 1.82. The fourth-order valence-corrected chi connectivity index (χ4v) is 2.42. The van der Waals surface area contributed by atoms with Crippen LogP contribution in [-0.2, 0) is 11.2 Å². The van der Waals surface area contributed by atoms with Crippen LogP contribution in [0.2, 0.25) is 0 Å². The highest BCUT2D eigenvalue weighted by Gasteiger charge is 2.30. The first-order valence-corrected chi connectivity index (χ1v) is 6.69. The number of nitrogens with two attached hydrogens (primary N) is 1. The van der Waals surface area contributed by atoms with Gasteiger partial charge in [0, 0.05) is 24.6 Å². The van der Waals surface area contributed by atoms with Gasteiger partial charge in [0.1, 0.15) is 5.75 Å². The van der Waals surface area contributed by atoms with Gasteiger partial charge in [0.15, 0.2) is 0 Å². The molecule has 104 valence electrons. The van der Waals surface area contributed by atoms with Crippen LogP contribution in [0, 0.1) is 5.41 Å². The van der Waals surface area contributed by atoms with Crippen molar-refractivity contribution >= 4 is 11.6 Å². The van der Waals surface area contributed by atoms with Gasteiger partial charge in [0.25, 0.3) is 0 Å². The van der Waals surface area contributed by atoms with Crippen molar-refractivity contribution in [1.82, 2.24) is 0 Å². The van der Waals surface area contributed by atoms with E-state index in [9.17, 15) is 4.79 Å². The lowest BCUT2D eigenvalue weighted by Crippen LogP contribution is -2.39. The minimum Gasteiger partial charge on any atom is -0.493 e. The zero-order valence-electron chi connectivity index (χ0n) is 11.9. The van der Waals surface area contributed by atoms with E-state index in [4.69, 9.17) is 10.5 Å². The highest BCUT2D eigenvalue weighted by molar-refractivity contribution is 5.96. The van der Waals surface area contributed by atoms with E-state index in [0.29, 0.717) is 13.0 Å². The second-order valence-corrected chi connectivity index (χ2v) is 5.68. The fraction of sp³-hybridized carbons (Fsp3) is 0.533. The third-order valence-electron chi connectivity index (χ3n) is 3.71. The Morgan fingerprint density at radius 1 is 1.47 bits per heavy atom. The SMILES string of the molecule is CN(C(=O)C(C)(C)CCN)c1ccc2c(c1)CCO2. The third kappa shape index (κ3) is 2.73. The zero-order valence-corrected chi connectivity index (χ0v) is 11.9. The largest absolute Gasteiger partial charge is 0.493 e. The van der Waals surface area contributed by atoms with Gasteiger partial charge >= 0.3 is 0 Å². The van der Waals surface area contributed by atoms with E-state index in [1.807, 2.05) is 39.1 Å². The van der Waals surface area contributed by atoms with Crippen molar-refractivity contribution in [3.8, 4) is 5.75 Å². The molecule has 1 heterocycles. The maximum atomic E-state index is 12.5. The second-order valence-electron chi connectivity index (χ2n) is 5.68. The highest BCUT2D eigenvalue weighted by atomic mass is 16.5. The van der Waals surface area contributed by atoms with E-state index in [-0.39, 0.29) is 5.91 Å². The Morgan fingerprint density at radius 3 is 2.89 bits per heavy atom. The molecule has 4 heteroatoms. The molecule has 0 aromatic heterocycles. The molecule has 1 aliphatic heterocycles. The standard InChI is InChI=1S/C15H22N2O2/c1-15(2,7-8-16)14(18)17(3)12-4-5-13-11(10-12)6-9-19-13/h4-5,10H,6-9,16H2,1-3H3. The Morgan fingerprint density at radius 2 is 2.21 bits per heavy atom. The number of hydrogen-bond acceptors (Lipinski definition) is 3. The van der Waals surface area contributed by atoms with E-state index in [0.717, 1.165) is 24.5 Å². The first-order valence-electron chi connectivity index (χ1n) is 6.69. The predicted molar refractivity (Wildman–Crippen MR) is 76.5 cm³/mol. The van der Waals surface area contributed by atoms with Crippen LogP contribution in [0.25, 0.3) is 0 Å². The molecule has 0 radical (unpaired) electrons. The Balaban J connectivity index is 2.20. The number of amides is 1. The molecule has 0 fully saturated rings. The van der Waals surface area contributed by atoms with Crippen LogP contribution in [0.5, 0.6) is 5.75 Å². The fourth-order valence-electron chi connectivity index (χ4n) is 2.42. The topological polar surface area (TPSA) is 55.6 Å². The van der Waals surface area contributed by atoms with Gasteiger partial charge in [-0.15, -0.1) is 0 Å². The lowest BCUT2D eigenvalue weighted by Gasteiger charge is -2.29. The average Bonchev–Trinajstić information content (AvgIpc) is 2.84. The van der Waals surface area contributed by atoms with Crippen molar-refractivity contribution in [1.29, 1.82) is 0 Å². The summed E-state index contributed by atoms with van der Waals surface area (Å²) < 4.78 is 5.48. The predicted octanol–water partition coefficient (Wildman–Crippen LogP) is 1.96. The number of carbonyl (C=O) groups excluding carboxylic acids is 1. The number of hydrogen-bond donors (Lipinski definition) is 1. The van der Waals surface area contributed by atoms with Gasteiger partial charge in [-0.05, 0) is 36.7 Å². The first-order chi connectivity index (χ1) is 8.95. The number of benzene rings is 1. The number of nitrogens with zero attached hydrogens (tertiary/aromatic N) is 1. The molecular weight excluding hydrogens is 240 g/mol. The second kappa shape index (κ2) is 5.21. The molecule has 19 heavy (non-hydrogen) atoms. The van der Waals surface area contributed by atoms with Crippen molar-refractivity contribution in [2.24, 2.45) is 11.1 Å². The molecule has 4 nitrogen and oxygen atoms in total. The first kappa shape index (κ1) is 13.9. The van der Waals surface area contributed by atoms with Crippen LogP contribution in [-0.4, -0.2) is 26.1 Å². The van der Waals surface area contributed by atoms with E-state index >= 15 is 0 Å². The Kier molecular flexibility index (Phi) is 3.80. The van der Waals surface area contributed by atoms with Crippen molar-refractivity contribution in [2.45, 2.75) is 26.7 Å². The maximum Gasteiger partial charge on any atom is 0.232 e. The van der Waals surface area contributed by atoms with Crippen LogP contribution in [0.4, 0.5) is 5.69 Å². The average molecular weight is 262 g/mol. The number of carbonyl (C=O) groups is 1. The summed E-state index contributed by atoms with van der Waals surface area (Å²) in [6.45, 7) is 5.13. The molecule has 0 aliphatic carbocycles. The monoisotopic (exact) mass is 262 g/mol. The van der Waals surface area contributed by atoms with Gasteiger partial charge in [-0.1, -0.05) is 13.8 Å². The normalized spacial score (nSPS) is 13.9. The Labute approximate surface area is 114 Å². The summed E-state index contributed by atoms with van der Waals surface area (Å²) in [5, 5.41) is 0. The highest BCUT2D eigenvalue weighted by Crippen LogP contribution is 2.31. The molecule has 0 unspecified atom stereocenters. The summed E-state index contributed by atoms with van der Waals surface area (Å²) in [5.74, 6) is 1.03. The van der Waals surface area contributed by atoms with Crippen molar-refractivity contribution in [2.75, 3.05) is 25.1 Å². The molecular formula is C15H22N2O2. The summed E-state index contributed by atoms with van der Waals surface area (Å²) in [6.07, 6.45) is 1.60. The minimum absolute atomic E-state index is 0.0943. The van der Waals surface area contributed by atoms with Gasteiger partial charge < -0.3 is 15.4 Å². The van der Waals surface area contributed by atoms with E-state index < -0.39 is 5.41 Å². The summed E-state index contributed by atoms with van der Waals surface area (Å²) in [5.41, 5.74) is 7.24. The molecule has 0 atom stereocenters. The summed E-state index contributed by atoms with van der Waals surface area (Å²) >= 11 is 0. The number of fused-ring (bicyclic) bond motifs is 1. The Hall–Kier alpha value is -1.55. The van der Waals surface area contributed by atoms with Gasteiger partial charge in [-0.3, -0.25) is 4.79 Å². The van der Waals surface area contributed by atoms with E-state index in [1.165, 1.54) is 5.56 Å². The van der Waals surface area contributed by atoms with Crippen LogP contribution >= 0.6 is 0 Å². The maximum absolute atomic E-state index is 12.5. The quantitative estimate of drug-likeness (QED) is 0.902. The minimum atomic E-state index is -0.432.